The van der Waals surface area contributed by atoms with Crippen molar-refractivity contribution in [2.24, 2.45) is 0 Å². The van der Waals surface area contributed by atoms with E-state index in [1.807, 2.05) is 6.07 Å². The topological polar surface area (TPSA) is 126 Å². The largest absolute Gasteiger partial charge is 0.325 e. The number of rotatable bonds is 8. The minimum absolute atomic E-state index is 0.106. The van der Waals surface area contributed by atoms with Gasteiger partial charge < -0.3 is 5.32 Å². The van der Waals surface area contributed by atoms with Gasteiger partial charge in [0.2, 0.25) is 15.9 Å². The van der Waals surface area contributed by atoms with Crippen LogP contribution in [0.5, 0.6) is 0 Å². The number of fused-ring (bicyclic) bond motifs is 1. The molecule has 10 nitrogen and oxygen atoms in total. The van der Waals surface area contributed by atoms with Crippen LogP contribution in [0.1, 0.15) is 20.8 Å². The van der Waals surface area contributed by atoms with Gasteiger partial charge in [-0.05, 0) is 31.2 Å². The van der Waals surface area contributed by atoms with E-state index in [-0.39, 0.29) is 4.90 Å². The third-order valence-electron chi connectivity index (χ3n) is 4.61. The molecule has 170 valence electrons. The number of sulfonamides is 1. The molecule has 3 rings (SSSR count). The number of para-hydroxylation sites is 1. The number of carbonyl (C=O) groups excluding carboxylic acids is 2. The molecule has 12 heteroatoms. The van der Waals surface area contributed by atoms with Gasteiger partial charge in [-0.15, -0.1) is 10.2 Å². The molecule has 3 amide bonds. The zero-order valence-corrected chi connectivity index (χ0v) is 19.5. The monoisotopic (exact) mass is 476 g/mol. The van der Waals surface area contributed by atoms with E-state index in [0.29, 0.717) is 29.6 Å². The lowest BCUT2D eigenvalue weighted by Crippen LogP contribution is -2.38. The summed E-state index contributed by atoms with van der Waals surface area (Å²) in [6.45, 7) is 5.86. The first-order valence-corrected chi connectivity index (χ1v) is 12.3. The molecule has 2 N–H and O–H groups in total. The van der Waals surface area contributed by atoms with Gasteiger partial charge in [-0.1, -0.05) is 43.8 Å². The zero-order valence-electron chi connectivity index (χ0n) is 17.8. The highest BCUT2D eigenvalue weighted by atomic mass is 32.2. The van der Waals surface area contributed by atoms with Crippen LogP contribution >= 0.6 is 11.8 Å². The van der Waals surface area contributed by atoms with Crippen LogP contribution < -0.4 is 10.6 Å². The van der Waals surface area contributed by atoms with Crippen molar-refractivity contribution in [3.63, 3.8) is 0 Å². The maximum Gasteiger partial charge on any atom is 0.325 e. The second-order valence-corrected chi connectivity index (χ2v) is 9.98. The lowest BCUT2D eigenvalue weighted by Gasteiger charge is -2.18. The quantitative estimate of drug-likeness (QED) is 0.479. The molecule has 0 aliphatic heterocycles. The fourth-order valence-electron chi connectivity index (χ4n) is 2.90. The molecular formula is C20H24N6O4S2. The van der Waals surface area contributed by atoms with Crippen molar-refractivity contribution in [3.8, 4) is 0 Å². The predicted molar refractivity (Wildman–Crippen MR) is 122 cm³/mol. The van der Waals surface area contributed by atoms with Crippen molar-refractivity contribution in [1.82, 2.24) is 24.2 Å². The Morgan fingerprint density at radius 3 is 2.44 bits per heavy atom. The fourth-order valence-corrected chi connectivity index (χ4v) is 5.19. The van der Waals surface area contributed by atoms with Gasteiger partial charge in [0.1, 0.15) is 0 Å². The van der Waals surface area contributed by atoms with E-state index >= 15 is 0 Å². The molecule has 0 fully saturated rings. The van der Waals surface area contributed by atoms with Gasteiger partial charge in [-0.25, -0.2) is 13.2 Å². The Labute approximate surface area is 190 Å². The third kappa shape index (κ3) is 5.26. The Morgan fingerprint density at radius 2 is 1.78 bits per heavy atom. The highest BCUT2D eigenvalue weighted by molar-refractivity contribution is 8.00. The Kier molecular flexibility index (Phi) is 7.48. The number of urea groups is 1. The molecule has 3 aromatic rings. The van der Waals surface area contributed by atoms with Gasteiger partial charge in [0.15, 0.2) is 10.8 Å². The Hall–Kier alpha value is -2.96. The first-order chi connectivity index (χ1) is 15.3. The van der Waals surface area contributed by atoms with Crippen LogP contribution in [0.3, 0.4) is 0 Å². The smallest absolute Gasteiger partial charge is 0.308 e. The number of hydrogen-bond acceptors (Lipinski definition) is 7. The lowest BCUT2D eigenvalue weighted by molar-refractivity contribution is -0.119. The Morgan fingerprint density at radius 1 is 1.09 bits per heavy atom. The van der Waals surface area contributed by atoms with E-state index in [0.717, 1.165) is 11.8 Å². The van der Waals surface area contributed by atoms with Crippen LogP contribution in [0.2, 0.25) is 0 Å². The second-order valence-electron chi connectivity index (χ2n) is 6.73. The van der Waals surface area contributed by atoms with Crippen LogP contribution in [0.4, 0.5) is 10.5 Å². The van der Waals surface area contributed by atoms with Gasteiger partial charge in [-0.3, -0.25) is 14.5 Å². The van der Waals surface area contributed by atoms with E-state index in [9.17, 15) is 18.0 Å². The van der Waals surface area contributed by atoms with Crippen molar-refractivity contribution in [2.45, 2.75) is 36.1 Å². The van der Waals surface area contributed by atoms with Crippen LogP contribution in [0.25, 0.3) is 5.65 Å². The number of benzene rings is 1. The fraction of sp³-hybridized carbons (Fsp3) is 0.300. The SMILES string of the molecule is CCN(CC)S(=O)(=O)c1ccc2nnc(SC(C)C(=O)NC(=O)Nc3ccccc3)n2c1. The highest BCUT2D eigenvalue weighted by Crippen LogP contribution is 2.24. The average molecular weight is 477 g/mol. The summed E-state index contributed by atoms with van der Waals surface area (Å²) in [7, 11) is -3.66. The summed E-state index contributed by atoms with van der Waals surface area (Å²) >= 11 is 1.06. The summed E-state index contributed by atoms with van der Waals surface area (Å²) in [5.41, 5.74) is 1.00. The number of carbonyl (C=O) groups is 2. The maximum atomic E-state index is 12.8. The number of thioether (sulfide) groups is 1. The number of imide groups is 1. The number of aromatic nitrogens is 3. The minimum Gasteiger partial charge on any atom is -0.308 e. The number of nitrogens with one attached hydrogen (secondary N) is 2. The van der Waals surface area contributed by atoms with Gasteiger partial charge in [-0.2, -0.15) is 4.31 Å². The maximum absolute atomic E-state index is 12.8. The Bertz CT molecular complexity index is 1210. The molecule has 0 aliphatic rings. The van der Waals surface area contributed by atoms with E-state index in [4.69, 9.17) is 0 Å². The molecule has 2 aromatic heterocycles. The normalized spacial score (nSPS) is 12.6. The summed E-state index contributed by atoms with van der Waals surface area (Å²) < 4.78 is 28.5. The van der Waals surface area contributed by atoms with Crippen molar-refractivity contribution in [1.29, 1.82) is 0 Å². The standard InChI is InChI=1S/C20H24N6O4S2/c1-4-25(5-2)32(29,30)16-11-12-17-23-24-20(26(17)13-16)31-14(3)18(27)22-19(28)21-15-9-7-6-8-10-15/h6-14H,4-5H2,1-3H3,(H2,21,22,27,28). The van der Waals surface area contributed by atoms with E-state index < -0.39 is 27.2 Å². The van der Waals surface area contributed by atoms with Crippen LogP contribution in [-0.2, 0) is 14.8 Å². The summed E-state index contributed by atoms with van der Waals surface area (Å²) in [5.74, 6) is -0.521. The van der Waals surface area contributed by atoms with Crippen molar-refractivity contribution >= 4 is 45.1 Å². The summed E-state index contributed by atoms with van der Waals surface area (Å²) in [6, 6.07) is 11.1. The first kappa shape index (κ1) is 23.7. The number of nitrogens with zero attached hydrogens (tertiary/aromatic N) is 4. The Balaban J connectivity index is 1.73. The number of hydrogen-bond donors (Lipinski definition) is 2. The minimum atomic E-state index is -3.66. The average Bonchev–Trinajstić information content (AvgIpc) is 3.17. The molecule has 0 aliphatic carbocycles. The molecule has 0 bridgehead atoms. The summed E-state index contributed by atoms with van der Waals surface area (Å²) in [5, 5.41) is 12.6. The third-order valence-corrected chi connectivity index (χ3v) is 7.70. The van der Waals surface area contributed by atoms with Gasteiger partial charge in [0.05, 0.1) is 10.1 Å². The lowest BCUT2D eigenvalue weighted by atomic mass is 10.3. The molecule has 1 atom stereocenters. The van der Waals surface area contributed by atoms with Gasteiger partial charge in [0.25, 0.3) is 0 Å². The van der Waals surface area contributed by atoms with Crippen molar-refractivity contribution in [2.75, 3.05) is 18.4 Å². The highest BCUT2D eigenvalue weighted by Gasteiger charge is 2.24. The number of pyridine rings is 1. The van der Waals surface area contributed by atoms with E-state index in [1.165, 1.54) is 21.0 Å². The molecular weight excluding hydrogens is 452 g/mol. The number of amides is 3. The van der Waals surface area contributed by atoms with E-state index in [1.54, 1.807) is 51.1 Å². The van der Waals surface area contributed by atoms with Crippen molar-refractivity contribution < 1.29 is 18.0 Å². The molecule has 1 unspecified atom stereocenters. The molecule has 0 spiro atoms. The second kappa shape index (κ2) is 10.1. The number of anilines is 1. The van der Waals surface area contributed by atoms with Crippen LogP contribution in [-0.4, -0.2) is 57.6 Å². The summed E-state index contributed by atoms with van der Waals surface area (Å²) in [4.78, 5) is 24.6. The molecule has 2 heterocycles. The van der Waals surface area contributed by atoms with Crippen LogP contribution in [0.15, 0.2) is 58.7 Å². The van der Waals surface area contributed by atoms with Crippen LogP contribution in [0, 0.1) is 0 Å². The first-order valence-electron chi connectivity index (χ1n) is 9.94. The molecule has 32 heavy (non-hydrogen) atoms. The van der Waals surface area contributed by atoms with Crippen molar-refractivity contribution in [3.05, 3.63) is 48.7 Å². The van der Waals surface area contributed by atoms with E-state index in [2.05, 4.69) is 20.8 Å². The molecule has 0 saturated carbocycles. The molecule has 0 radical (unpaired) electrons. The predicted octanol–water partition coefficient (Wildman–Crippen LogP) is 2.59. The summed E-state index contributed by atoms with van der Waals surface area (Å²) in [6.07, 6.45) is 1.44. The zero-order chi connectivity index (χ0) is 23.3. The van der Waals surface area contributed by atoms with Gasteiger partial charge in [0, 0.05) is 25.0 Å². The molecule has 1 aromatic carbocycles. The van der Waals surface area contributed by atoms with Gasteiger partial charge >= 0.3 is 6.03 Å². The molecule has 0 saturated heterocycles.